The van der Waals surface area contributed by atoms with Gasteiger partial charge in [-0.25, -0.2) is 9.78 Å². The van der Waals surface area contributed by atoms with Gasteiger partial charge in [-0.2, -0.15) is 0 Å². The van der Waals surface area contributed by atoms with Crippen LogP contribution in [0.4, 0.5) is 5.13 Å². The number of hydrogen-bond acceptors (Lipinski definition) is 6. The molecule has 7 nitrogen and oxygen atoms in total. The van der Waals surface area contributed by atoms with Crippen molar-refractivity contribution in [3.63, 3.8) is 0 Å². The molecule has 0 fully saturated rings. The summed E-state index contributed by atoms with van der Waals surface area (Å²) in [5, 5.41) is 5.97. The van der Waals surface area contributed by atoms with Crippen LogP contribution >= 0.6 is 11.3 Å². The Hall–Kier alpha value is -3.65. The highest BCUT2D eigenvalue weighted by molar-refractivity contribution is 7.14. The molecule has 0 aliphatic carbocycles. The van der Waals surface area contributed by atoms with Gasteiger partial charge in [-0.3, -0.25) is 4.79 Å². The third-order valence-electron chi connectivity index (χ3n) is 4.64. The van der Waals surface area contributed by atoms with Gasteiger partial charge in [0.15, 0.2) is 5.13 Å². The van der Waals surface area contributed by atoms with Gasteiger partial charge in [-0.05, 0) is 30.3 Å². The number of methoxy groups -OCH3 is 2. The van der Waals surface area contributed by atoms with Crippen LogP contribution in [-0.2, 0) is 16.1 Å². The van der Waals surface area contributed by atoms with Crippen molar-refractivity contribution in [1.29, 1.82) is 0 Å². The summed E-state index contributed by atoms with van der Waals surface area (Å²) in [4.78, 5) is 29.1. The standard InChI is InChI=1S/C22H19N3O4S/c1-28-15-9-7-14(8-10-15)18-13-30-22(23-18)24-20(26)12-25-11-17(21(27)29-2)16-5-3-4-6-19(16)25/h3-11,13H,12H2,1-2H3,(H,23,24,26). The number of ether oxygens (including phenoxy) is 2. The first kappa shape index (κ1) is 19.7. The second-order valence-corrected chi connectivity index (χ2v) is 7.35. The van der Waals surface area contributed by atoms with E-state index in [1.807, 2.05) is 53.9 Å². The molecule has 0 atom stereocenters. The Morgan fingerprint density at radius 2 is 1.87 bits per heavy atom. The van der Waals surface area contributed by atoms with E-state index in [-0.39, 0.29) is 12.5 Å². The Bertz CT molecular complexity index is 1210. The van der Waals surface area contributed by atoms with Crippen LogP contribution in [0.1, 0.15) is 10.4 Å². The molecule has 0 aliphatic rings. The number of esters is 1. The number of para-hydroxylation sites is 1. The quantitative estimate of drug-likeness (QED) is 0.472. The van der Waals surface area contributed by atoms with Crippen molar-refractivity contribution >= 4 is 39.2 Å². The van der Waals surface area contributed by atoms with E-state index < -0.39 is 5.97 Å². The first-order chi connectivity index (χ1) is 14.6. The van der Waals surface area contributed by atoms with Crippen molar-refractivity contribution < 1.29 is 19.1 Å². The van der Waals surface area contributed by atoms with Crippen molar-refractivity contribution in [3.8, 4) is 17.0 Å². The van der Waals surface area contributed by atoms with Gasteiger partial charge in [0.2, 0.25) is 5.91 Å². The number of hydrogen-bond donors (Lipinski definition) is 1. The highest BCUT2D eigenvalue weighted by Gasteiger charge is 2.17. The predicted molar refractivity (Wildman–Crippen MR) is 116 cm³/mol. The van der Waals surface area contributed by atoms with E-state index in [1.54, 1.807) is 17.9 Å². The maximum absolute atomic E-state index is 12.6. The Balaban J connectivity index is 1.50. The van der Waals surface area contributed by atoms with E-state index in [1.165, 1.54) is 18.4 Å². The van der Waals surface area contributed by atoms with Crippen molar-refractivity contribution in [2.24, 2.45) is 0 Å². The maximum Gasteiger partial charge on any atom is 0.340 e. The third-order valence-corrected chi connectivity index (χ3v) is 5.40. The Labute approximate surface area is 176 Å². The molecule has 4 aromatic rings. The molecule has 152 valence electrons. The van der Waals surface area contributed by atoms with Crippen molar-refractivity contribution in [2.45, 2.75) is 6.54 Å². The van der Waals surface area contributed by atoms with Gasteiger partial charge in [0.05, 0.1) is 25.5 Å². The summed E-state index contributed by atoms with van der Waals surface area (Å²) in [7, 11) is 2.96. The zero-order chi connectivity index (χ0) is 21.1. The highest BCUT2D eigenvalue weighted by atomic mass is 32.1. The Morgan fingerprint density at radius 3 is 2.60 bits per heavy atom. The van der Waals surface area contributed by atoms with E-state index in [0.717, 1.165) is 27.9 Å². The molecule has 2 heterocycles. The largest absolute Gasteiger partial charge is 0.497 e. The molecule has 0 saturated heterocycles. The average Bonchev–Trinajstić information content (AvgIpc) is 3.38. The molecule has 0 spiro atoms. The minimum Gasteiger partial charge on any atom is -0.497 e. The number of rotatable bonds is 6. The van der Waals surface area contributed by atoms with E-state index >= 15 is 0 Å². The van der Waals surface area contributed by atoms with Crippen molar-refractivity contribution in [3.05, 3.63) is 65.7 Å². The molecule has 0 radical (unpaired) electrons. The molecule has 0 aliphatic heterocycles. The fourth-order valence-corrected chi connectivity index (χ4v) is 3.93. The maximum atomic E-state index is 12.6. The molecule has 1 amide bonds. The van der Waals surface area contributed by atoms with Crippen molar-refractivity contribution in [2.75, 3.05) is 19.5 Å². The lowest BCUT2D eigenvalue weighted by Gasteiger charge is -2.05. The van der Waals surface area contributed by atoms with Gasteiger partial charge in [-0.1, -0.05) is 18.2 Å². The molecule has 4 rings (SSSR count). The Morgan fingerprint density at radius 1 is 1.10 bits per heavy atom. The number of amides is 1. The number of thiazole rings is 1. The first-order valence-corrected chi connectivity index (χ1v) is 10.0. The summed E-state index contributed by atoms with van der Waals surface area (Å²) in [6.07, 6.45) is 1.64. The number of fused-ring (bicyclic) bond motifs is 1. The molecular weight excluding hydrogens is 402 g/mol. The summed E-state index contributed by atoms with van der Waals surface area (Å²) in [6.45, 7) is 0.0506. The monoisotopic (exact) mass is 421 g/mol. The zero-order valence-corrected chi connectivity index (χ0v) is 17.2. The topological polar surface area (TPSA) is 82.5 Å². The molecular formula is C22H19N3O4S. The van der Waals surface area contributed by atoms with E-state index in [9.17, 15) is 9.59 Å². The van der Waals surface area contributed by atoms with E-state index in [0.29, 0.717) is 10.7 Å². The minimum absolute atomic E-state index is 0.0506. The normalized spacial score (nSPS) is 10.7. The van der Waals surface area contributed by atoms with Crippen LogP contribution in [0.3, 0.4) is 0 Å². The van der Waals surface area contributed by atoms with E-state index in [2.05, 4.69) is 10.3 Å². The van der Waals surface area contributed by atoms with Gasteiger partial charge in [0.1, 0.15) is 12.3 Å². The van der Waals surface area contributed by atoms with Crippen LogP contribution < -0.4 is 10.1 Å². The summed E-state index contributed by atoms with van der Waals surface area (Å²) in [5.74, 6) is 0.102. The van der Waals surface area contributed by atoms with Crippen LogP contribution in [0.5, 0.6) is 5.75 Å². The van der Waals surface area contributed by atoms with Gasteiger partial charge >= 0.3 is 5.97 Å². The van der Waals surface area contributed by atoms with Crippen LogP contribution in [0, 0.1) is 0 Å². The van der Waals surface area contributed by atoms with Crippen LogP contribution in [0.2, 0.25) is 0 Å². The molecule has 0 saturated carbocycles. The molecule has 2 aromatic carbocycles. The van der Waals surface area contributed by atoms with Crippen LogP contribution in [0.25, 0.3) is 22.2 Å². The van der Waals surface area contributed by atoms with Crippen molar-refractivity contribution in [1.82, 2.24) is 9.55 Å². The van der Waals surface area contributed by atoms with Gasteiger partial charge < -0.3 is 19.4 Å². The van der Waals surface area contributed by atoms with Crippen LogP contribution in [0.15, 0.2) is 60.1 Å². The lowest BCUT2D eigenvalue weighted by molar-refractivity contribution is -0.116. The minimum atomic E-state index is -0.436. The first-order valence-electron chi connectivity index (χ1n) is 9.15. The molecule has 2 aromatic heterocycles. The molecule has 1 N–H and O–H groups in total. The number of benzene rings is 2. The smallest absolute Gasteiger partial charge is 0.340 e. The second kappa shape index (κ2) is 8.38. The third kappa shape index (κ3) is 3.90. The second-order valence-electron chi connectivity index (χ2n) is 6.49. The average molecular weight is 421 g/mol. The molecule has 0 unspecified atom stereocenters. The molecule has 0 bridgehead atoms. The molecule has 30 heavy (non-hydrogen) atoms. The van der Waals surface area contributed by atoms with Gasteiger partial charge in [-0.15, -0.1) is 11.3 Å². The fourth-order valence-electron chi connectivity index (χ4n) is 3.19. The predicted octanol–water partition coefficient (Wildman–Crippen LogP) is 4.20. The Kier molecular flexibility index (Phi) is 5.49. The lowest BCUT2D eigenvalue weighted by Crippen LogP contribution is -2.18. The van der Waals surface area contributed by atoms with Gasteiger partial charge in [0, 0.05) is 28.0 Å². The summed E-state index contributed by atoms with van der Waals surface area (Å²) in [6, 6.07) is 15.0. The number of anilines is 1. The SMILES string of the molecule is COC(=O)c1cn(CC(=O)Nc2nc(-c3ccc(OC)cc3)cs2)c2ccccc12. The summed E-state index contributed by atoms with van der Waals surface area (Å²) < 4.78 is 11.7. The highest BCUT2D eigenvalue weighted by Crippen LogP contribution is 2.27. The number of carbonyl (C=O) groups is 2. The fraction of sp³-hybridized carbons (Fsp3) is 0.136. The summed E-state index contributed by atoms with van der Waals surface area (Å²) >= 11 is 1.35. The van der Waals surface area contributed by atoms with E-state index in [4.69, 9.17) is 9.47 Å². The number of nitrogens with one attached hydrogen (secondary N) is 1. The van der Waals surface area contributed by atoms with Crippen LogP contribution in [-0.4, -0.2) is 35.6 Å². The number of nitrogens with zero attached hydrogens (tertiary/aromatic N) is 2. The zero-order valence-electron chi connectivity index (χ0n) is 16.4. The number of carbonyl (C=O) groups excluding carboxylic acids is 2. The number of aromatic nitrogens is 2. The lowest BCUT2D eigenvalue weighted by atomic mass is 10.2. The summed E-state index contributed by atoms with van der Waals surface area (Å²) in [5.41, 5.74) is 2.92. The molecule has 8 heteroatoms. The van der Waals surface area contributed by atoms with Gasteiger partial charge in [0.25, 0.3) is 0 Å².